The van der Waals surface area contributed by atoms with Crippen LogP contribution in [0.1, 0.15) is 17.0 Å². The number of allylic oxidation sites excluding steroid dienone is 1. The Hall–Kier alpha value is -4.10. The van der Waals surface area contributed by atoms with Crippen LogP contribution < -0.4 is 4.74 Å². The molecular formula is C25H18N2O2. The molecule has 4 aromatic rings. The van der Waals surface area contributed by atoms with Crippen LogP contribution >= 0.6 is 0 Å². The number of fused-ring (bicyclic) bond motifs is 1. The lowest BCUT2D eigenvalue weighted by molar-refractivity contribution is 0.363. The summed E-state index contributed by atoms with van der Waals surface area (Å²) in [6.45, 7) is 0.421. The zero-order chi connectivity index (χ0) is 19.9. The van der Waals surface area contributed by atoms with E-state index in [9.17, 15) is 5.26 Å². The number of nitriles is 1. The third kappa shape index (κ3) is 4.42. The molecule has 0 fully saturated rings. The largest absolute Gasteiger partial charge is 0.489 e. The van der Waals surface area contributed by atoms with E-state index in [0.717, 1.165) is 16.6 Å². The molecule has 0 bridgehead atoms. The maximum Gasteiger partial charge on any atom is 0.238 e. The third-order valence-electron chi connectivity index (χ3n) is 4.31. The van der Waals surface area contributed by atoms with Crippen LogP contribution in [-0.4, -0.2) is 11.6 Å². The monoisotopic (exact) mass is 378 g/mol. The Kier molecular flexibility index (Phi) is 5.50. The summed E-state index contributed by atoms with van der Waals surface area (Å²) < 4.78 is 11.6. The van der Waals surface area contributed by atoms with E-state index in [2.05, 4.69) is 11.1 Å². The van der Waals surface area contributed by atoms with Crippen LogP contribution in [0.2, 0.25) is 0 Å². The van der Waals surface area contributed by atoms with Gasteiger partial charge in [0.15, 0.2) is 5.58 Å². The van der Waals surface area contributed by atoms with Crippen LogP contribution in [0.3, 0.4) is 0 Å². The van der Waals surface area contributed by atoms with Gasteiger partial charge in [-0.3, -0.25) is 0 Å². The van der Waals surface area contributed by atoms with Crippen molar-refractivity contribution in [1.82, 2.24) is 4.98 Å². The summed E-state index contributed by atoms with van der Waals surface area (Å²) in [6, 6.07) is 27.3. The predicted octanol–water partition coefficient (Wildman–Crippen LogP) is 5.98. The SMILES string of the molecule is N#C/C(=C\c1ccccc1OC/C=C/c1ccccc1)c1nc2ccccc2o1. The van der Waals surface area contributed by atoms with Crippen molar-refractivity contribution in [3.63, 3.8) is 0 Å². The third-order valence-corrected chi connectivity index (χ3v) is 4.31. The van der Waals surface area contributed by atoms with E-state index in [1.165, 1.54) is 0 Å². The molecule has 0 saturated heterocycles. The quantitative estimate of drug-likeness (QED) is 0.387. The molecule has 29 heavy (non-hydrogen) atoms. The van der Waals surface area contributed by atoms with Gasteiger partial charge in [-0.25, -0.2) is 4.98 Å². The molecule has 0 saturated carbocycles. The molecule has 0 radical (unpaired) electrons. The first-order valence-electron chi connectivity index (χ1n) is 9.24. The van der Waals surface area contributed by atoms with Crippen molar-refractivity contribution in [3.05, 3.63) is 102 Å². The number of oxazole rings is 1. The Morgan fingerprint density at radius 2 is 1.72 bits per heavy atom. The molecule has 4 heteroatoms. The number of ether oxygens (including phenoxy) is 1. The van der Waals surface area contributed by atoms with Crippen molar-refractivity contribution >= 4 is 28.8 Å². The minimum Gasteiger partial charge on any atom is -0.489 e. The molecule has 0 unspecified atom stereocenters. The molecule has 1 heterocycles. The molecule has 0 aliphatic carbocycles. The second-order valence-electron chi connectivity index (χ2n) is 6.32. The normalized spacial score (nSPS) is 11.6. The number of benzene rings is 3. The zero-order valence-corrected chi connectivity index (χ0v) is 15.7. The number of para-hydroxylation sites is 3. The minimum atomic E-state index is 0.299. The lowest BCUT2D eigenvalue weighted by atomic mass is 10.1. The lowest BCUT2D eigenvalue weighted by Crippen LogP contribution is -1.95. The number of hydrogen-bond donors (Lipinski definition) is 0. The fourth-order valence-electron chi connectivity index (χ4n) is 2.90. The highest BCUT2D eigenvalue weighted by atomic mass is 16.5. The summed E-state index contributed by atoms with van der Waals surface area (Å²) in [7, 11) is 0. The molecule has 0 amide bonds. The van der Waals surface area contributed by atoms with Gasteiger partial charge < -0.3 is 9.15 Å². The fourth-order valence-corrected chi connectivity index (χ4v) is 2.90. The first-order valence-corrected chi connectivity index (χ1v) is 9.24. The molecule has 0 spiro atoms. The van der Waals surface area contributed by atoms with Crippen LogP contribution in [0, 0.1) is 11.3 Å². The molecule has 1 aromatic heterocycles. The first-order chi connectivity index (χ1) is 14.3. The number of nitrogens with zero attached hydrogens (tertiary/aromatic N) is 2. The molecule has 0 aliphatic heterocycles. The summed E-state index contributed by atoms with van der Waals surface area (Å²) in [5.41, 5.74) is 3.63. The van der Waals surface area contributed by atoms with E-state index < -0.39 is 0 Å². The van der Waals surface area contributed by atoms with Crippen molar-refractivity contribution in [2.45, 2.75) is 0 Å². The van der Waals surface area contributed by atoms with Crippen molar-refractivity contribution in [1.29, 1.82) is 5.26 Å². The van der Waals surface area contributed by atoms with Gasteiger partial charge in [0.05, 0.1) is 0 Å². The maximum atomic E-state index is 9.63. The van der Waals surface area contributed by atoms with E-state index in [0.29, 0.717) is 29.4 Å². The fraction of sp³-hybridized carbons (Fsp3) is 0.0400. The van der Waals surface area contributed by atoms with E-state index in [-0.39, 0.29) is 0 Å². The molecule has 3 aromatic carbocycles. The van der Waals surface area contributed by atoms with Gasteiger partial charge >= 0.3 is 0 Å². The Balaban J connectivity index is 1.55. The Labute approximate surface area is 169 Å². The number of hydrogen-bond acceptors (Lipinski definition) is 4. The predicted molar refractivity (Wildman–Crippen MR) is 115 cm³/mol. The van der Waals surface area contributed by atoms with Crippen molar-refractivity contribution in [3.8, 4) is 11.8 Å². The molecule has 140 valence electrons. The maximum absolute atomic E-state index is 9.63. The van der Waals surface area contributed by atoms with Crippen molar-refractivity contribution in [2.24, 2.45) is 0 Å². The van der Waals surface area contributed by atoms with E-state index in [1.807, 2.05) is 91.0 Å². The van der Waals surface area contributed by atoms with Crippen molar-refractivity contribution in [2.75, 3.05) is 6.61 Å². The molecule has 4 rings (SSSR count). The van der Waals surface area contributed by atoms with Gasteiger partial charge in [0.25, 0.3) is 0 Å². The highest BCUT2D eigenvalue weighted by Gasteiger charge is 2.11. The molecule has 4 nitrogen and oxygen atoms in total. The lowest BCUT2D eigenvalue weighted by Gasteiger charge is -2.07. The second kappa shape index (κ2) is 8.73. The Morgan fingerprint density at radius 1 is 0.966 bits per heavy atom. The number of rotatable bonds is 6. The van der Waals surface area contributed by atoms with Gasteiger partial charge in [0.1, 0.15) is 29.5 Å². The summed E-state index contributed by atoms with van der Waals surface area (Å²) in [5, 5.41) is 9.63. The van der Waals surface area contributed by atoms with Crippen LogP contribution in [0.25, 0.3) is 28.8 Å². The topological polar surface area (TPSA) is 59.0 Å². The van der Waals surface area contributed by atoms with Gasteiger partial charge in [-0.15, -0.1) is 0 Å². The van der Waals surface area contributed by atoms with Crippen LogP contribution in [0.4, 0.5) is 0 Å². The van der Waals surface area contributed by atoms with Gasteiger partial charge in [0.2, 0.25) is 5.89 Å². The van der Waals surface area contributed by atoms with Crippen LogP contribution in [0.15, 0.2) is 89.4 Å². The minimum absolute atomic E-state index is 0.299. The highest BCUT2D eigenvalue weighted by Crippen LogP contribution is 2.26. The number of aromatic nitrogens is 1. The molecule has 0 atom stereocenters. The van der Waals surface area contributed by atoms with E-state index >= 15 is 0 Å². The average Bonchev–Trinajstić information content (AvgIpc) is 3.20. The molecule has 0 aliphatic rings. The van der Waals surface area contributed by atoms with Gasteiger partial charge in [-0.05, 0) is 35.9 Å². The van der Waals surface area contributed by atoms with Crippen LogP contribution in [-0.2, 0) is 0 Å². The molecular weight excluding hydrogens is 360 g/mol. The summed E-state index contributed by atoms with van der Waals surface area (Å²) in [6.07, 6.45) is 5.71. The second-order valence-corrected chi connectivity index (χ2v) is 6.32. The van der Waals surface area contributed by atoms with Crippen molar-refractivity contribution < 1.29 is 9.15 Å². The first kappa shape index (κ1) is 18.3. The highest BCUT2D eigenvalue weighted by molar-refractivity contribution is 5.89. The van der Waals surface area contributed by atoms with Gasteiger partial charge in [-0.1, -0.05) is 66.7 Å². The standard InChI is InChI=1S/C25H18N2O2/c26-18-21(25-27-22-13-5-7-15-24(22)29-25)17-20-12-4-6-14-23(20)28-16-8-11-19-9-2-1-3-10-19/h1-15,17H,16H2/b11-8+,21-17+. The average molecular weight is 378 g/mol. The summed E-state index contributed by atoms with van der Waals surface area (Å²) >= 11 is 0. The van der Waals surface area contributed by atoms with E-state index in [4.69, 9.17) is 9.15 Å². The Bertz CT molecular complexity index is 1180. The Morgan fingerprint density at radius 3 is 2.55 bits per heavy atom. The summed E-state index contributed by atoms with van der Waals surface area (Å²) in [4.78, 5) is 4.41. The van der Waals surface area contributed by atoms with E-state index in [1.54, 1.807) is 6.08 Å². The van der Waals surface area contributed by atoms with Gasteiger partial charge in [0, 0.05) is 5.56 Å². The van der Waals surface area contributed by atoms with Crippen LogP contribution in [0.5, 0.6) is 5.75 Å². The smallest absolute Gasteiger partial charge is 0.238 e. The zero-order valence-electron chi connectivity index (χ0n) is 15.7. The molecule has 0 N–H and O–H groups in total. The summed E-state index contributed by atoms with van der Waals surface area (Å²) in [5.74, 6) is 0.988. The van der Waals surface area contributed by atoms with Gasteiger partial charge in [-0.2, -0.15) is 5.26 Å².